The third kappa shape index (κ3) is 8.72. The fourth-order valence-corrected chi connectivity index (χ4v) is 1.49. The van der Waals surface area contributed by atoms with Gasteiger partial charge in [0.05, 0.1) is 12.1 Å². The zero-order valence-corrected chi connectivity index (χ0v) is 11.4. The van der Waals surface area contributed by atoms with Gasteiger partial charge in [0.2, 0.25) is 0 Å². The van der Waals surface area contributed by atoms with Crippen molar-refractivity contribution in [1.29, 1.82) is 10.5 Å². The molecule has 0 aliphatic carbocycles. The third-order valence-corrected chi connectivity index (χ3v) is 2.63. The average molecular weight is 236 g/mol. The van der Waals surface area contributed by atoms with Gasteiger partial charge in [0.15, 0.2) is 0 Å². The molecule has 0 N–H and O–H groups in total. The number of hydrogen-bond acceptors (Lipinski definition) is 3. The van der Waals surface area contributed by atoms with Gasteiger partial charge in [-0.3, -0.25) is 0 Å². The van der Waals surface area contributed by atoms with Crippen molar-refractivity contribution < 1.29 is 4.74 Å². The molecule has 0 fully saturated rings. The molecule has 0 aromatic heterocycles. The van der Waals surface area contributed by atoms with Gasteiger partial charge in [0.1, 0.15) is 12.2 Å². The molecule has 0 aromatic carbocycles. The first kappa shape index (κ1) is 15.9. The molecule has 17 heavy (non-hydrogen) atoms. The van der Waals surface area contributed by atoms with Gasteiger partial charge in [-0.1, -0.05) is 27.7 Å². The predicted molar refractivity (Wildman–Crippen MR) is 68.0 cm³/mol. The highest BCUT2D eigenvalue weighted by atomic mass is 16.5. The smallest absolute Gasteiger partial charge is 0.145 e. The van der Waals surface area contributed by atoms with Crippen LogP contribution in [0.1, 0.15) is 53.4 Å². The van der Waals surface area contributed by atoms with Crippen LogP contribution in [0.5, 0.6) is 0 Å². The molecule has 0 aliphatic rings. The highest BCUT2D eigenvalue weighted by Gasteiger charge is 2.16. The van der Waals surface area contributed by atoms with Crippen molar-refractivity contribution in [2.45, 2.75) is 65.6 Å². The minimum absolute atomic E-state index is 0.436. The van der Waals surface area contributed by atoms with Gasteiger partial charge in [-0.25, -0.2) is 0 Å². The lowest BCUT2D eigenvalue weighted by Gasteiger charge is -2.16. The van der Waals surface area contributed by atoms with Crippen molar-refractivity contribution >= 4 is 0 Å². The number of hydrogen-bond donors (Lipinski definition) is 0. The molecule has 3 heteroatoms. The Morgan fingerprint density at radius 2 is 1.12 bits per heavy atom. The lowest BCUT2D eigenvalue weighted by atomic mass is 10.0. The summed E-state index contributed by atoms with van der Waals surface area (Å²) in [6, 6.07) is 4.27. The van der Waals surface area contributed by atoms with E-state index in [1.165, 1.54) is 0 Å². The van der Waals surface area contributed by atoms with Crippen molar-refractivity contribution in [3.05, 3.63) is 0 Å². The van der Waals surface area contributed by atoms with Gasteiger partial charge in [-0.15, -0.1) is 0 Å². The zero-order chi connectivity index (χ0) is 13.3. The van der Waals surface area contributed by atoms with Crippen LogP contribution in [0.4, 0.5) is 0 Å². The van der Waals surface area contributed by atoms with E-state index >= 15 is 0 Å². The number of nitrogens with zero attached hydrogens (tertiary/aromatic N) is 2. The summed E-state index contributed by atoms with van der Waals surface area (Å²) in [6.07, 6.45) is 2.48. The van der Waals surface area contributed by atoms with Crippen LogP contribution < -0.4 is 0 Å². The molecule has 0 saturated heterocycles. The second kappa shape index (κ2) is 9.02. The molecule has 96 valence electrons. The SMILES string of the molecule is CC(C)CCC(C#N)OC(C#N)CCC(C)C. The maximum atomic E-state index is 8.98. The van der Waals surface area contributed by atoms with Crippen LogP contribution in [-0.4, -0.2) is 12.2 Å². The predicted octanol–water partition coefficient (Wildman–Crippen LogP) is 3.66. The Labute approximate surface area is 105 Å². The van der Waals surface area contributed by atoms with E-state index in [1.54, 1.807) is 0 Å². The minimum Gasteiger partial charge on any atom is -0.345 e. The van der Waals surface area contributed by atoms with Crippen molar-refractivity contribution in [1.82, 2.24) is 0 Å². The first-order valence-corrected chi connectivity index (χ1v) is 6.44. The maximum Gasteiger partial charge on any atom is 0.145 e. The van der Waals surface area contributed by atoms with Crippen LogP contribution in [0.15, 0.2) is 0 Å². The van der Waals surface area contributed by atoms with Crippen molar-refractivity contribution in [3.8, 4) is 12.1 Å². The Balaban J connectivity index is 4.06. The van der Waals surface area contributed by atoms with Crippen LogP contribution in [-0.2, 0) is 4.74 Å². The third-order valence-electron chi connectivity index (χ3n) is 2.63. The molecule has 2 unspecified atom stereocenters. The van der Waals surface area contributed by atoms with Crippen molar-refractivity contribution in [2.24, 2.45) is 11.8 Å². The van der Waals surface area contributed by atoms with Crippen LogP contribution in [0.25, 0.3) is 0 Å². The quantitative estimate of drug-likeness (QED) is 0.646. The van der Waals surface area contributed by atoms with Gasteiger partial charge >= 0.3 is 0 Å². The summed E-state index contributed by atoms with van der Waals surface area (Å²) < 4.78 is 5.53. The van der Waals surface area contributed by atoms with E-state index in [-0.39, 0.29) is 0 Å². The van der Waals surface area contributed by atoms with Crippen LogP contribution in [0, 0.1) is 34.5 Å². The lowest BCUT2D eigenvalue weighted by molar-refractivity contribution is 0.0353. The summed E-state index contributed by atoms with van der Waals surface area (Å²) in [4.78, 5) is 0. The molecule has 0 amide bonds. The summed E-state index contributed by atoms with van der Waals surface area (Å²) in [5, 5.41) is 18.0. The van der Waals surface area contributed by atoms with Crippen LogP contribution >= 0.6 is 0 Å². The molecule has 0 aliphatic heterocycles. The summed E-state index contributed by atoms with van der Waals surface area (Å²) in [5.41, 5.74) is 0. The molecule has 0 spiro atoms. The van der Waals surface area contributed by atoms with Crippen LogP contribution in [0.3, 0.4) is 0 Å². The summed E-state index contributed by atoms with van der Waals surface area (Å²) in [7, 11) is 0. The Kier molecular flexibility index (Phi) is 8.46. The topological polar surface area (TPSA) is 56.8 Å². The Hall–Kier alpha value is -1.06. The van der Waals surface area contributed by atoms with Crippen molar-refractivity contribution in [3.63, 3.8) is 0 Å². The molecule has 3 nitrogen and oxygen atoms in total. The fourth-order valence-electron chi connectivity index (χ4n) is 1.49. The lowest BCUT2D eigenvalue weighted by Crippen LogP contribution is -2.20. The largest absolute Gasteiger partial charge is 0.345 e. The van der Waals surface area contributed by atoms with Gasteiger partial charge in [-0.05, 0) is 37.5 Å². The fraction of sp³-hybridized carbons (Fsp3) is 0.857. The van der Waals surface area contributed by atoms with E-state index < -0.39 is 12.2 Å². The van der Waals surface area contributed by atoms with E-state index in [1.807, 2.05) is 0 Å². The average Bonchev–Trinajstić information content (AvgIpc) is 2.27. The number of nitriles is 2. The molecule has 0 saturated carbocycles. The highest BCUT2D eigenvalue weighted by Crippen LogP contribution is 2.14. The maximum absolute atomic E-state index is 8.98. The van der Waals surface area contributed by atoms with Crippen LogP contribution in [0.2, 0.25) is 0 Å². The summed E-state index contributed by atoms with van der Waals surface area (Å²) >= 11 is 0. The standard InChI is InChI=1S/C14H24N2O/c1-11(2)5-7-13(9-15)17-14(10-16)8-6-12(3)4/h11-14H,5-8H2,1-4H3. The van der Waals surface area contributed by atoms with E-state index in [0.29, 0.717) is 24.7 Å². The Morgan fingerprint density at radius 3 is 1.35 bits per heavy atom. The second-order valence-electron chi connectivity index (χ2n) is 5.31. The molecular formula is C14H24N2O. The first-order valence-electron chi connectivity index (χ1n) is 6.44. The molecule has 0 rings (SSSR count). The molecule has 0 heterocycles. The van der Waals surface area contributed by atoms with Gasteiger partial charge in [0, 0.05) is 0 Å². The second-order valence-corrected chi connectivity index (χ2v) is 5.31. The Bertz CT molecular complexity index is 245. The number of rotatable bonds is 8. The zero-order valence-electron chi connectivity index (χ0n) is 11.4. The molecule has 0 aromatic rings. The Morgan fingerprint density at radius 1 is 0.765 bits per heavy atom. The van der Waals surface area contributed by atoms with Gasteiger partial charge in [0.25, 0.3) is 0 Å². The number of ether oxygens (including phenoxy) is 1. The highest BCUT2D eigenvalue weighted by molar-refractivity contribution is 4.91. The molecular weight excluding hydrogens is 212 g/mol. The monoisotopic (exact) mass is 236 g/mol. The molecule has 0 bridgehead atoms. The molecule has 2 atom stereocenters. The van der Waals surface area contributed by atoms with E-state index in [0.717, 1.165) is 12.8 Å². The summed E-state index contributed by atoms with van der Waals surface area (Å²) in [6.45, 7) is 8.48. The molecule has 0 radical (unpaired) electrons. The summed E-state index contributed by atoms with van der Waals surface area (Å²) in [5.74, 6) is 1.12. The minimum atomic E-state index is -0.436. The van der Waals surface area contributed by atoms with Gasteiger partial charge in [-0.2, -0.15) is 10.5 Å². The normalized spacial score (nSPS) is 14.4. The van der Waals surface area contributed by atoms with Gasteiger partial charge < -0.3 is 4.74 Å². The van der Waals surface area contributed by atoms with E-state index in [4.69, 9.17) is 15.3 Å². The van der Waals surface area contributed by atoms with Crippen molar-refractivity contribution in [2.75, 3.05) is 0 Å². The first-order chi connectivity index (χ1) is 7.99. The van der Waals surface area contributed by atoms with E-state index in [2.05, 4.69) is 39.8 Å². The van der Waals surface area contributed by atoms with E-state index in [9.17, 15) is 0 Å².